The van der Waals surface area contributed by atoms with Crippen LogP contribution in [0.4, 0.5) is 0 Å². The van der Waals surface area contributed by atoms with Crippen LogP contribution in [0, 0.1) is 0 Å². The largest absolute Gasteiger partial charge is 0.363 e. The average Bonchev–Trinajstić information content (AvgIpc) is 2.24. The van der Waals surface area contributed by atoms with E-state index in [9.17, 15) is 4.79 Å². The predicted molar refractivity (Wildman–Crippen MR) is 64.4 cm³/mol. The van der Waals surface area contributed by atoms with Crippen molar-refractivity contribution in [1.82, 2.24) is 10.2 Å². The van der Waals surface area contributed by atoms with Gasteiger partial charge in [-0.2, -0.15) is 0 Å². The zero-order valence-electron chi connectivity index (χ0n) is 10.9. The van der Waals surface area contributed by atoms with E-state index in [2.05, 4.69) is 19.2 Å². The van der Waals surface area contributed by atoms with Gasteiger partial charge in [0, 0.05) is 25.7 Å². The summed E-state index contributed by atoms with van der Waals surface area (Å²) >= 11 is 0. The summed E-state index contributed by atoms with van der Waals surface area (Å²) in [6, 6.07) is 0.299. The van der Waals surface area contributed by atoms with Crippen molar-refractivity contribution in [3.05, 3.63) is 0 Å². The number of hydrogen-bond acceptors (Lipinski definition) is 3. The molecule has 1 N–H and O–H groups in total. The molecule has 0 spiro atoms. The van der Waals surface area contributed by atoms with E-state index in [4.69, 9.17) is 4.74 Å². The zero-order valence-corrected chi connectivity index (χ0v) is 10.9. The third-order valence-corrected chi connectivity index (χ3v) is 3.33. The molecular weight excluding hydrogens is 204 g/mol. The number of hydrogen-bond donors (Lipinski definition) is 1. The predicted octanol–water partition coefficient (Wildman–Crippen LogP) is 1.01. The summed E-state index contributed by atoms with van der Waals surface area (Å²) in [4.78, 5) is 13.8. The molecule has 1 aliphatic rings. The van der Waals surface area contributed by atoms with E-state index >= 15 is 0 Å². The Morgan fingerprint density at radius 3 is 2.50 bits per heavy atom. The highest BCUT2D eigenvalue weighted by Gasteiger charge is 2.33. The van der Waals surface area contributed by atoms with Crippen LogP contribution in [0.1, 0.15) is 34.1 Å². The number of nitrogens with zero attached hydrogens (tertiary/aromatic N) is 1. The Morgan fingerprint density at radius 1 is 1.50 bits per heavy atom. The standard InChI is InChI=1S/C12H24N2O2/c1-5-10(3)14(6-2)11(15)7-16-12(4)8-13-9-12/h10,13H,5-9H2,1-4H3. The maximum Gasteiger partial charge on any atom is 0.248 e. The molecule has 0 bridgehead atoms. The minimum absolute atomic E-state index is 0.102. The van der Waals surface area contributed by atoms with E-state index in [0.29, 0.717) is 6.04 Å². The molecule has 0 aromatic rings. The molecular formula is C12H24N2O2. The summed E-state index contributed by atoms with van der Waals surface area (Å²) in [7, 11) is 0. The van der Waals surface area contributed by atoms with Gasteiger partial charge in [-0.3, -0.25) is 4.79 Å². The molecule has 4 heteroatoms. The molecule has 1 amide bonds. The van der Waals surface area contributed by atoms with Crippen LogP contribution in [-0.2, 0) is 9.53 Å². The number of likely N-dealkylation sites (N-methyl/N-ethyl adjacent to an activating group) is 1. The van der Waals surface area contributed by atoms with Gasteiger partial charge in [-0.1, -0.05) is 6.92 Å². The molecule has 1 atom stereocenters. The van der Waals surface area contributed by atoms with Gasteiger partial charge in [0.1, 0.15) is 6.61 Å². The van der Waals surface area contributed by atoms with Crippen LogP contribution in [0.2, 0.25) is 0 Å². The van der Waals surface area contributed by atoms with Crippen LogP contribution in [0.5, 0.6) is 0 Å². The molecule has 1 unspecified atom stereocenters. The summed E-state index contributed by atoms with van der Waals surface area (Å²) < 4.78 is 5.65. The summed E-state index contributed by atoms with van der Waals surface area (Å²) in [5.74, 6) is 0.102. The van der Waals surface area contributed by atoms with E-state index in [-0.39, 0.29) is 18.1 Å². The lowest BCUT2D eigenvalue weighted by atomic mass is 10.0. The molecule has 0 radical (unpaired) electrons. The van der Waals surface area contributed by atoms with Crippen molar-refractivity contribution < 1.29 is 9.53 Å². The van der Waals surface area contributed by atoms with Crippen LogP contribution in [0.25, 0.3) is 0 Å². The summed E-state index contributed by atoms with van der Waals surface area (Å²) in [5, 5.41) is 3.15. The Balaban J connectivity index is 2.37. The van der Waals surface area contributed by atoms with E-state index in [1.807, 2.05) is 18.7 Å². The van der Waals surface area contributed by atoms with Crippen LogP contribution >= 0.6 is 0 Å². The van der Waals surface area contributed by atoms with E-state index in [1.165, 1.54) is 0 Å². The van der Waals surface area contributed by atoms with Gasteiger partial charge in [-0.05, 0) is 27.2 Å². The third-order valence-electron chi connectivity index (χ3n) is 3.33. The van der Waals surface area contributed by atoms with Crippen LogP contribution in [0.3, 0.4) is 0 Å². The number of amides is 1. The number of carbonyl (C=O) groups is 1. The molecule has 1 rings (SSSR count). The summed E-state index contributed by atoms with van der Waals surface area (Å²) in [6.45, 7) is 10.9. The molecule has 1 fully saturated rings. The normalized spacial score (nSPS) is 20.0. The molecule has 0 saturated carbocycles. The third kappa shape index (κ3) is 3.19. The van der Waals surface area contributed by atoms with Crippen molar-refractivity contribution in [1.29, 1.82) is 0 Å². The lowest BCUT2D eigenvalue weighted by Gasteiger charge is -2.39. The van der Waals surface area contributed by atoms with Gasteiger partial charge in [0.05, 0.1) is 5.60 Å². The quantitative estimate of drug-likeness (QED) is 0.738. The van der Waals surface area contributed by atoms with Gasteiger partial charge in [-0.25, -0.2) is 0 Å². The van der Waals surface area contributed by atoms with Gasteiger partial charge in [0.2, 0.25) is 5.91 Å². The topological polar surface area (TPSA) is 41.6 Å². The second kappa shape index (κ2) is 5.64. The highest BCUT2D eigenvalue weighted by atomic mass is 16.5. The smallest absolute Gasteiger partial charge is 0.248 e. The fraction of sp³-hybridized carbons (Fsp3) is 0.917. The molecule has 0 aliphatic carbocycles. The van der Waals surface area contributed by atoms with Crippen LogP contribution in [-0.4, -0.2) is 48.7 Å². The number of ether oxygens (including phenoxy) is 1. The first-order valence-corrected chi connectivity index (χ1v) is 6.16. The maximum absolute atomic E-state index is 11.9. The van der Waals surface area contributed by atoms with Crippen molar-refractivity contribution in [2.45, 2.75) is 45.8 Å². The van der Waals surface area contributed by atoms with Crippen molar-refractivity contribution in [2.75, 3.05) is 26.2 Å². The van der Waals surface area contributed by atoms with Crippen LogP contribution in [0.15, 0.2) is 0 Å². The Kier molecular flexibility index (Phi) is 4.74. The molecule has 4 nitrogen and oxygen atoms in total. The molecule has 94 valence electrons. The second-order valence-corrected chi connectivity index (χ2v) is 4.78. The van der Waals surface area contributed by atoms with Gasteiger partial charge in [-0.15, -0.1) is 0 Å². The minimum Gasteiger partial charge on any atom is -0.363 e. The first-order chi connectivity index (χ1) is 7.52. The highest BCUT2D eigenvalue weighted by molar-refractivity contribution is 5.77. The average molecular weight is 228 g/mol. The fourth-order valence-electron chi connectivity index (χ4n) is 1.85. The molecule has 1 aliphatic heterocycles. The number of nitrogens with one attached hydrogen (secondary N) is 1. The Labute approximate surface area is 98.3 Å². The number of carbonyl (C=O) groups excluding carboxylic acids is 1. The van der Waals surface area contributed by atoms with Gasteiger partial charge < -0.3 is 15.0 Å². The van der Waals surface area contributed by atoms with Crippen molar-refractivity contribution in [2.24, 2.45) is 0 Å². The Morgan fingerprint density at radius 2 is 2.12 bits per heavy atom. The minimum atomic E-state index is -0.134. The second-order valence-electron chi connectivity index (χ2n) is 4.78. The first kappa shape index (κ1) is 13.5. The highest BCUT2D eigenvalue weighted by Crippen LogP contribution is 2.15. The van der Waals surface area contributed by atoms with Gasteiger partial charge in [0.15, 0.2) is 0 Å². The van der Waals surface area contributed by atoms with E-state index in [1.54, 1.807) is 0 Å². The van der Waals surface area contributed by atoms with E-state index in [0.717, 1.165) is 26.1 Å². The molecule has 0 aromatic heterocycles. The summed E-state index contributed by atoms with van der Waals surface area (Å²) in [6.07, 6.45) is 0.985. The monoisotopic (exact) mass is 228 g/mol. The maximum atomic E-state index is 11.9. The SMILES string of the molecule is CCC(C)N(CC)C(=O)COC1(C)CNC1. The lowest BCUT2D eigenvalue weighted by molar-refractivity contribution is -0.147. The van der Waals surface area contributed by atoms with Crippen molar-refractivity contribution >= 4 is 5.91 Å². The summed E-state index contributed by atoms with van der Waals surface area (Å²) in [5.41, 5.74) is -0.134. The molecule has 16 heavy (non-hydrogen) atoms. The van der Waals surface area contributed by atoms with Crippen molar-refractivity contribution in [3.8, 4) is 0 Å². The van der Waals surface area contributed by atoms with Gasteiger partial charge >= 0.3 is 0 Å². The first-order valence-electron chi connectivity index (χ1n) is 6.16. The number of rotatable bonds is 6. The van der Waals surface area contributed by atoms with Crippen LogP contribution < -0.4 is 5.32 Å². The fourth-order valence-corrected chi connectivity index (χ4v) is 1.85. The molecule has 1 heterocycles. The zero-order chi connectivity index (χ0) is 12.2. The van der Waals surface area contributed by atoms with Crippen molar-refractivity contribution in [3.63, 3.8) is 0 Å². The molecule has 1 saturated heterocycles. The Hall–Kier alpha value is -0.610. The molecule has 0 aromatic carbocycles. The van der Waals surface area contributed by atoms with E-state index < -0.39 is 0 Å². The Bertz CT molecular complexity index is 239. The van der Waals surface area contributed by atoms with Gasteiger partial charge in [0.25, 0.3) is 0 Å². The lowest BCUT2D eigenvalue weighted by Crippen LogP contribution is -2.60.